The number of nitrogens with one attached hydrogen (secondary N) is 2. The Hall–Kier alpha value is -3.61. The van der Waals surface area contributed by atoms with E-state index >= 15 is 0 Å². The Labute approximate surface area is 169 Å². The van der Waals surface area contributed by atoms with Crippen molar-refractivity contribution in [1.29, 1.82) is 0 Å². The van der Waals surface area contributed by atoms with Gasteiger partial charge in [-0.3, -0.25) is 4.40 Å². The van der Waals surface area contributed by atoms with E-state index in [0.717, 1.165) is 35.1 Å². The van der Waals surface area contributed by atoms with Gasteiger partial charge in [-0.15, -0.1) is 10.2 Å². The van der Waals surface area contributed by atoms with Gasteiger partial charge in [-0.2, -0.15) is 0 Å². The van der Waals surface area contributed by atoms with Crippen molar-refractivity contribution in [2.45, 2.75) is 13.5 Å². The lowest BCUT2D eigenvalue weighted by atomic mass is 10.1. The Kier molecular flexibility index (Phi) is 5.85. The standard InChI is InChI=1S/C22H24N6O/c1-2-23-22(25-16-21-27-26-20-12-5-6-14-28(20)21)24-13-15-29-19-11-7-9-17-8-3-4-10-18(17)19/h3-12,14H,2,13,15-16H2,1H3,(H2,23,24,25). The molecular formula is C22H24N6O. The molecule has 0 atom stereocenters. The molecule has 4 rings (SSSR count). The first-order chi connectivity index (χ1) is 14.3. The molecule has 4 aromatic rings. The van der Waals surface area contributed by atoms with Crippen LogP contribution >= 0.6 is 0 Å². The number of benzene rings is 2. The summed E-state index contributed by atoms with van der Waals surface area (Å²) >= 11 is 0. The van der Waals surface area contributed by atoms with Gasteiger partial charge in [0.15, 0.2) is 17.4 Å². The summed E-state index contributed by atoms with van der Waals surface area (Å²) in [5.41, 5.74) is 0.819. The van der Waals surface area contributed by atoms with Gasteiger partial charge in [-0.1, -0.05) is 42.5 Å². The van der Waals surface area contributed by atoms with Crippen LogP contribution in [-0.4, -0.2) is 40.3 Å². The van der Waals surface area contributed by atoms with Gasteiger partial charge in [0.25, 0.3) is 0 Å². The molecule has 7 nitrogen and oxygen atoms in total. The molecule has 0 amide bonds. The maximum absolute atomic E-state index is 5.98. The first kappa shape index (κ1) is 18.7. The number of fused-ring (bicyclic) bond motifs is 2. The number of rotatable bonds is 7. The predicted octanol–water partition coefficient (Wildman–Crippen LogP) is 3.02. The zero-order valence-electron chi connectivity index (χ0n) is 16.4. The molecule has 0 unspecified atom stereocenters. The minimum atomic E-state index is 0.435. The summed E-state index contributed by atoms with van der Waals surface area (Å²) in [4.78, 5) is 4.62. The lowest BCUT2D eigenvalue weighted by Gasteiger charge is -2.13. The van der Waals surface area contributed by atoms with E-state index in [1.807, 2.05) is 60.0 Å². The van der Waals surface area contributed by atoms with Crippen molar-refractivity contribution in [3.63, 3.8) is 0 Å². The summed E-state index contributed by atoms with van der Waals surface area (Å²) in [7, 11) is 0. The molecule has 2 aromatic carbocycles. The molecule has 0 bridgehead atoms. The molecule has 0 radical (unpaired) electrons. The van der Waals surface area contributed by atoms with E-state index < -0.39 is 0 Å². The number of aromatic nitrogens is 3. The van der Waals surface area contributed by atoms with Crippen LogP contribution in [0.5, 0.6) is 5.75 Å². The minimum absolute atomic E-state index is 0.435. The number of hydrogen-bond acceptors (Lipinski definition) is 4. The van der Waals surface area contributed by atoms with Crippen LogP contribution in [0.1, 0.15) is 12.7 Å². The van der Waals surface area contributed by atoms with Crippen LogP contribution in [0.4, 0.5) is 0 Å². The highest BCUT2D eigenvalue weighted by Crippen LogP contribution is 2.24. The third-order valence-corrected chi connectivity index (χ3v) is 4.51. The van der Waals surface area contributed by atoms with Crippen molar-refractivity contribution in [2.75, 3.05) is 19.7 Å². The first-order valence-corrected chi connectivity index (χ1v) is 9.76. The topological polar surface area (TPSA) is 75.8 Å². The van der Waals surface area contributed by atoms with Crippen molar-refractivity contribution in [3.8, 4) is 5.75 Å². The zero-order chi connectivity index (χ0) is 19.9. The maximum atomic E-state index is 5.98. The van der Waals surface area contributed by atoms with E-state index in [-0.39, 0.29) is 0 Å². The van der Waals surface area contributed by atoms with Crippen LogP contribution in [0.25, 0.3) is 16.4 Å². The molecule has 0 aliphatic heterocycles. The fraction of sp³-hybridized carbons (Fsp3) is 0.227. The fourth-order valence-corrected chi connectivity index (χ4v) is 3.14. The Bertz CT molecular complexity index is 1120. The van der Waals surface area contributed by atoms with Crippen molar-refractivity contribution in [3.05, 3.63) is 72.7 Å². The summed E-state index contributed by atoms with van der Waals surface area (Å²) in [5, 5.41) is 17.2. The van der Waals surface area contributed by atoms with E-state index in [9.17, 15) is 0 Å². The third-order valence-electron chi connectivity index (χ3n) is 4.51. The Morgan fingerprint density at radius 3 is 2.79 bits per heavy atom. The van der Waals surface area contributed by atoms with Crippen LogP contribution in [0, 0.1) is 0 Å². The van der Waals surface area contributed by atoms with Crippen molar-refractivity contribution in [1.82, 2.24) is 25.2 Å². The Morgan fingerprint density at radius 2 is 1.86 bits per heavy atom. The molecular weight excluding hydrogens is 364 g/mol. The van der Waals surface area contributed by atoms with Gasteiger partial charge in [0.05, 0.1) is 6.54 Å². The second-order valence-corrected chi connectivity index (χ2v) is 6.49. The number of guanidine groups is 1. The van der Waals surface area contributed by atoms with Crippen molar-refractivity contribution < 1.29 is 4.74 Å². The molecule has 2 N–H and O–H groups in total. The number of nitrogens with zero attached hydrogens (tertiary/aromatic N) is 4. The molecule has 0 fully saturated rings. The van der Waals surface area contributed by atoms with Crippen molar-refractivity contribution in [2.24, 2.45) is 4.99 Å². The second kappa shape index (κ2) is 9.05. The van der Waals surface area contributed by atoms with Gasteiger partial charge in [0, 0.05) is 18.1 Å². The van der Waals surface area contributed by atoms with Crippen LogP contribution in [0.3, 0.4) is 0 Å². The summed E-state index contributed by atoms with van der Waals surface area (Å²) in [5.74, 6) is 2.41. The average molecular weight is 388 g/mol. The van der Waals surface area contributed by atoms with Gasteiger partial charge in [-0.05, 0) is 30.5 Å². The molecule has 0 saturated heterocycles. The lowest BCUT2D eigenvalue weighted by molar-refractivity contribution is 0.325. The van der Waals surface area contributed by atoms with Crippen molar-refractivity contribution >= 4 is 22.4 Å². The summed E-state index contributed by atoms with van der Waals surface area (Å²) in [6.07, 6.45) is 1.94. The van der Waals surface area contributed by atoms with E-state index in [2.05, 4.69) is 44.0 Å². The molecule has 0 aliphatic rings. The van der Waals surface area contributed by atoms with E-state index in [4.69, 9.17) is 4.74 Å². The first-order valence-electron chi connectivity index (χ1n) is 9.76. The highest BCUT2D eigenvalue weighted by atomic mass is 16.5. The predicted molar refractivity (Wildman–Crippen MR) is 115 cm³/mol. The molecule has 2 heterocycles. The largest absolute Gasteiger partial charge is 0.491 e. The van der Waals surface area contributed by atoms with Crippen LogP contribution in [0.2, 0.25) is 0 Å². The van der Waals surface area contributed by atoms with Crippen LogP contribution in [-0.2, 0) is 6.54 Å². The second-order valence-electron chi connectivity index (χ2n) is 6.49. The molecule has 0 spiro atoms. The summed E-state index contributed by atoms with van der Waals surface area (Å²) < 4.78 is 7.93. The van der Waals surface area contributed by atoms with Crippen LogP contribution in [0.15, 0.2) is 71.9 Å². The molecule has 7 heteroatoms. The third kappa shape index (κ3) is 4.45. The van der Waals surface area contributed by atoms with E-state index in [1.165, 1.54) is 5.39 Å². The average Bonchev–Trinajstić information content (AvgIpc) is 3.18. The summed E-state index contributed by atoms with van der Waals surface area (Å²) in [6.45, 7) is 4.42. The normalized spacial score (nSPS) is 11.7. The smallest absolute Gasteiger partial charge is 0.191 e. The highest BCUT2D eigenvalue weighted by molar-refractivity contribution is 5.88. The minimum Gasteiger partial charge on any atom is -0.491 e. The molecule has 148 valence electrons. The molecule has 29 heavy (non-hydrogen) atoms. The monoisotopic (exact) mass is 388 g/mol. The van der Waals surface area contributed by atoms with E-state index in [0.29, 0.717) is 19.7 Å². The van der Waals surface area contributed by atoms with Gasteiger partial charge in [0.2, 0.25) is 0 Å². The van der Waals surface area contributed by atoms with Gasteiger partial charge < -0.3 is 15.4 Å². The quantitative estimate of drug-likeness (QED) is 0.289. The van der Waals surface area contributed by atoms with Gasteiger partial charge in [-0.25, -0.2) is 4.99 Å². The van der Waals surface area contributed by atoms with Gasteiger partial charge in [0.1, 0.15) is 18.9 Å². The maximum Gasteiger partial charge on any atom is 0.191 e. The highest BCUT2D eigenvalue weighted by Gasteiger charge is 2.05. The SMILES string of the molecule is CCNC(=NCc1nnc2ccccn12)NCCOc1cccc2ccccc12. The van der Waals surface area contributed by atoms with E-state index in [1.54, 1.807) is 0 Å². The molecule has 0 saturated carbocycles. The summed E-state index contributed by atoms with van der Waals surface area (Å²) in [6, 6.07) is 20.1. The number of aliphatic imine (C=N–C) groups is 1. The zero-order valence-corrected chi connectivity index (χ0v) is 16.4. The lowest BCUT2D eigenvalue weighted by Crippen LogP contribution is -2.39. The fourth-order valence-electron chi connectivity index (χ4n) is 3.14. The number of ether oxygens (including phenoxy) is 1. The number of hydrogen-bond donors (Lipinski definition) is 2. The van der Waals surface area contributed by atoms with Gasteiger partial charge >= 0.3 is 0 Å². The Morgan fingerprint density at radius 1 is 1.00 bits per heavy atom. The molecule has 0 aliphatic carbocycles. The number of pyridine rings is 1. The molecule has 2 aromatic heterocycles. The van der Waals surface area contributed by atoms with Crippen LogP contribution < -0.4 is 15.4 Å². The Balaban J connectivity index is 1.35.